The second kappa shape index (κ2) is 9.09. The predicted molar refractivity (Wildman–Crippen MR) is 107 cm³/mol. The van der Waals surface area contributed by atoms with Crippen molar-refractivity contribution in [2.24, 2.45) is 5.73 Å². The molecule has 3 aromatic rings. The van der Waals surface area contributed by atoms with Crippen molar-refractivity contribution in [1.82, 2.24) is 9.97 Å². The van der Waals surface area contributed by atoms with Gasteiger partial charge in [-0.1, -0.05) is 6.07 Å². The molecule has 146 valence electrons. The first-order chi connectivity index (χ1) is 13.6. The van der Waals surface area contributed by atoms with Crippen molar-refractivity contribution in [2.45, 2.75) is 6.42 Å². The normalized spacial score (nSPS) is 10.5. The van der Waals surface area contributed by atoms with Gasteiger partial charge in [0.2, 0.25) is 5.88 Å². The summed E-state index contributed by atoms with van der Waals surface area (Å²) in [5.74, 6) is 2.42. The molecule has 0 radical (unpaired) electrons. The fourth-order valence-corrected chi connectivity index (χ4v) is 2.63. The summed E-state index contributed by atoms with van der Waals surface area (Å²) in [4.78, 5) is 19.5. The summed E-state index contributed by atoms with van der Waals surface area (Å²) in [6, 6.07) is 9.67. The number of urea groups is 1. The lowest BCUT2D eigenvalue weighted by Gasteiger charge is -2.13. The maximum atomic E-state index is 11.0. The average Bonchev–Trinajstić information content (AvgIpc) is 2.68. The number of fused-ring (bicyclic) bond motifs is 1. The van der Waals surface area contributed by atoms with Crippen LogP contribution in [0.3, 0.4) is 0 Å². The van der Waals surface area contributed by atoms with Crippen molar-refractivity contribution in [3.05, 3.63) is 42.7 Å². The van der Waals surface area contributed by atoms with E-state index in [1.54, 1.807) is 43.5 Å². The highest BCUT2D eigenvalue weighted by atomic mass is 35.5. The molecule has 9 heteroatoms. The number of nitrogens with two attached hydrogens (primary N) is 1. The van der Waals surface area contributed by atoms with Gasteiger partial charge in [-0.25, -0.2) is 14.8 Å². The van der Waals surface area contributed by atoms with Gasteiger partial charge in [0.15, 0.2) is 11.5 Å². The Labute approximate surface area is 166 Å². The van der Waals surface area contributed by atoms with Crippen molar-refractivity contribution in [2.75, 3.05) is 24.9 Å². The second-order valence-corrected chi connectivity index (χ2v) is 6.09. The lowest BCUT2D eigenvalue weighted by atomic mass is 10.2. The van der Waals surface area contributed by atoms with Crippen LogP contribution in [-0.4, -0.2) is 35.6 Å². The van der Waals surface area contributed by atoms with E-state index in [-0.39, 0.29) is 0 Å². The van der Waals surface area contributed by atoms with Crippen LogP contribution in [0.4, 0.5) is 10.5 Å². The fraction of sp³-hybridized carbons (Fsp3) is 0.211. The molecule has 0 aliphatic heterocycles. The van der Waals surface area contributed by atoms with Crippen LogP contribution in [0, 0.1) is 0 Å². The minimum Gasteiger partial charge on any atom is -0.493 e. The monoisotopic (exact) mass is 402 g/mol. The summed E-state index contributed by atoms with van der Waals surface area (Å²) in [7, 11) is 1.56. The number of halogens is 1. The van der Waals surface area contributed by atoms with Crippen LogP contribution < -0.4 is 25.3 Å². The van der Waals surface area contributed by atoms with Crippen LogP contribution >= 0.6 is 11.6 Å². The van der Waals surface area contributed by atoms with Crippen molar-refractivity contribution in [3.8, 4) is 23.1 Å². The third-order valence-corrected chi connectivity index (χ3v) is 4.00. The number of alkyl halides is 1. The summed E-state index contributed by atoms with van der Waals surface area (Å²) >= 11 is 5.71. The van der Waals surface area contributed by atoms with E-state index in [2.05, 4.69) is 15.3 Å². The Morgan fingerprint density at radius 2 is 2.07 bits per heavy atom. The lowest BCUT2D eigenvalue weighted by molar-refractivity contribution is 0.259. The standard InChI is InChI=1S/C19H19ClN4O4/c1-26-16-10-15-14(9-17(16)27-7-3-6-20)18(23-11-22-15)28-13-5-2-4-12(8-13)24-19(21)25/h2,4-5,8-11H,3,6-7H2,1H3,(H3,21,24,25). The number of hydrogen-bond donors (Lipinski definition) is 2. The topological polar surface area (TPSA) is 109 Å². The van der Waals surface area contributed by atoms with Crippen LogP contribution in [-0.2, 0) is 0 Å². The molecule has 3 N–H and O–H groups in total. The van der Waals surface area contributed by atoms with Gasteiger partial charge in [0.25, 0.3) is 0 Å². The van der Waals surface area contributed by atoms with Crippen molar-refractivity contribution in [1.29, 1.82) is 0 Å². The highest BCUT2D eigenvalue weighted by Crippen LogP contribution is 2.36. The number of aromatic nitrogens is 2. The van der Waals surface area contributed by atoms with Crippen molar-refractivity contribution < 1.29 is 19.0 Å². The maximum absolute atomic E-state index is 11.0. The number of carbonyl (C=O) groups excluding carboxylic acids is 1. The van der Waals surface area contributed by atoms with Gasteiger partial charge in [-0.2, -0.15) is 0 Å². The van der Waals surface area contributed by atoms with Crippen LogP contribution in [0.2, 0.25) is 0 Å². The van der Waals surface area contributed by atoms with Crippen LogP contribution in [0.1, 0.15) is 6.42 Å². The molecule has 0 saturated carbocycles. The van der Waals surface area contributed by atoms with E-state index in [4.69, 9.17) is 31.5 Å². The zero-order valence-corrected chi connectivity index (χ0v) is 15.9. The minimum atomic E-state index is -0.657. The number of carbonyl (C=O) groups is 1. The molecule has 1 aromatic heterocycles. The van der Waals surface area contributed by atoms with Gasteiger partial charge in [0, 0.05) is 23.7 Å². The van der Waals surface area contributed by atoms with Gasteiger partial charge in [0.05, 0.1) is 24.6 Å². The van der Waals surface area contributed by atoms with Crippen molar-refractivity contribution in [3.63, 3.8) is 0 Å². The fourth-order valence-electron chi connectivity index (χ4n) is 2.52. The number of benzene rings is 2. The molecule has 0 atom stereocenters. The molecule has 0 unspecified atom stereocenters. The molecule has 1 heterocycles. The molecule has 2 amide bonds. The van der Waals surface area contributed by atoms with Crippen LogP contribution in [0.25, 0.3) is 10.9 Å². The molecular weight excluding hydrogens is 384 g/mol. The molecular formula is C19H19ClN4O4. The quantitative estimate of drug-likeness (QED) is 0.436. The number of nitrogens with one attached hydrogen (secondary N) is 1. The molecule has 0 saturated heterocycles. The first kappa shape index (κ1) is 19.5. The zero-order chi connectivity index (χ0) is 19.9. The first-order valence-electron chi connectivity index (χ1n) is 8.46. The molecule has 0 bridgehead atoms. The van der Waals surface area contributed by atoms with Gasteiger partial charge >= 0.3 is 6.03 Å². The molecule has 3 rings (SSSR count). The molecule has 0 aliphatic rings. The average molecular weight is 403 g/mol. The number of methoxy groups -OCH3 is 1. The number of primary amides is 1. The summed E-state index contributed by atoms with van der Waals surface area (Å²) in [6.07, 6.45) is 2.10. The Hall–Kier alpha value is -3.26. The van der Waals surface area contributed by atoms with Gasteiger partial charge in [0.1, 0.15) is 12.1 Å². The third-order valence-electron chi connectivity index (χ3n) is 3.74. The second-order valence-electron chi connectivity index (χ2n) is 5.71. The van der Waals surface area contributed by atoms with Crippen LogP contribution in [0.5, 0.6) is 23.1 Å². The highest BCUT2D eigenvalue weighted by Gasteiger charge is 2.13. The number of ether oxygens (including phenoxy) is 3. The van der Waals surface area contributed by atoms with Gasteiger partial charge in [-0.05, 0) is 24.6 Å². The molecule has 8 nitrogen and oxygen atoms in total. The summed E-state index contributed by atoms with van der Waals surface area (Å²) in [5, 5.41) is 3.15. The Balaban J connectivity index is 1.94. The number of amides is 2. The Morgan fingerprint density at radius 3 is 2.82 bits per heavy atom. The van der Waals surface area contributed by atoms with Gasteiger partial charge in [-0.15, -0.1) is 11.6 Å². The van der Waals surface area contributed by atoms with Gasteiger partial charge < -0.3 is 25.3 Å². The number of nitrogens with zero attached hydrogens (tertiary/aromatic N) is 2. The van der Waals surface area contributed by atoms with E-state index in [1.807, 2.05) is 0 Å². The SMILES string of the molecule is COc1cc2ncnc(Oc3cccc(NC(N)=O)c3)c2cc1OCCCCl. The predicted octanol–water partition coefficient (Wildman–Crippen LogP) is 3.93. The smallest absolute Gasteiger partial charge is 0.316 e. The van der Waals surface area contributed by atoms with E-state index in [1.165, 1.54) is 6.33 Å². The van der Waals surface area contributed by atoms with E-state index >= 15 is 0 Å². The Bertz CT molecular complexity index is 983. The number of anilines is 1. The van der Waals surface area contributed by atoms with Crippen molar-refractivity contribution >= 4 is 34.2 Å². The van der Waals surface area contributed by atoms with Crippen LogP contribution in [0.15, 0.2) is 42.7 Å². The zero-order valence-electron chi connectivity index (χ0n) is 15.1. The molecule has 28 heavy (non-hydrogen) atoms. The van der Waals surface area contributed by atoms with Gasteiger partial charge in [-0.3, -0.25) is 0 Å². The Kier molecular flexibility index (Phi) is 6.33. The Morgan fingerprint density at radius 1 is 1.21 bits per heavy atom. The maximum Gasteiger partial charge on any atom is 0.316 e. The summed E-state index contributed by atoms with van der Waals surface area (Å²) < 4.78 is 17.1. The molecule has 2 aromatic carbocycles. The largest absolute Gasteiger partial charge is 0.493 e. The first-order valence-corrected chi connectivity index (χ1v) is 9.00. The minimum absolute atomic E-state index is 0.339. The van der Waals surface area contributed by atoms with E-state index < -0.39 is 6.03 Å². The number of hydrogen-bond acceptors (Lipinski definition) is 6. The van der Waals surface area contributed by atoms with E-state index in [0.29, 0.717) is 58.6 Å². The third kappa shape index (κ3) is 4.72. The summed E-state index contributed by atoms with van der Waals surface area (Å²) in [6.45, 7) is 0.454. The summed E-state index contributed by atoms with van der Waals surface area (Å²) in [5.41, 5.74) is 6.30. The lowest BCUT2D eigenvalue weighted by Crippen LogP contribution is -2.19. The van der Waals surface area contributed by atoms with E-state index in [0.717, 1.165) is 0 Å². The number of rotatable bonds is 8. The van der Waals surface area contributed by atoms with E-state index in [9.17, 15) is 4.79 Å². The highest BCUT2D eigenvalue weighted by molar-refractivity contribution is 6.17. The molecule has 0 aliphatic carbocycles. The molecule has 0 fully saturated rings. The molecule has 0 spiro atoms.